The van der Waals surface area contributed by atoms with Gasteiger partial charge >= 0.3 is 13.2 Å². The van der Waals surface area contributed by atoms with Crippen LogP contribution in [-0.4, -0.2) is 28.9 Å². The Morgan fingerprint density at radius 3 is 2.63 bits per heavy atom. The highest BCUT2D eigenvalue weighted by Crippen LogP contribution is 2.28. The molecule has 0 aliphatic carbocycles. The smallest absolute Gasteiger partial charge is 0.387 e. The first kappa shape index (κ1) is 20.3. The zero-order valence-corrected chi connectivity index (χ0v) is 14.2. The number of anilines is 1. The van der Waals surface area contributed by atoms with E-state index >= 15 is 0 Å². The minimum atomic E-state index is -3.17. The molecule has 0 aliphatic heterocycles. The second-order valence-electron chi connectivity index (χ2n) is 5.22. The minimum Gasteiger partial charge on any atom is -0.435 e. The number of ether oxygens (including phenoxy) is 2. The predicted octanol–water partition coefficient (Wildman–Crippen LogP) is 4.15. The van der Waals surface area contributed by atoms with Gasteiger partial charge in [0, 0.05) is 30.3 Å². The molecule has 27 heavy (non-hydrogen) atoms. The highest BCUT2D eigenvalue weighted by Gasteiger charge is 2.12. The van der Waals surface area contributed by atoms with Crippen LogP contribution < -0.4 is 14.8 Å². The highest BCUT2D eigenvalue weighted by atomic mass is 19.3. The Bertz CT molecular complexity index is 793. The topological polar surface area (TPSA) is 65.4 Å². The number of alkyl halides is 4. The average Bonchev–Trinajstić information content (AvgIpc) is 3.00. The van der Waals surface area contributed by atoms with Crippen LogP contribution in [0.5, 0.6) is 11.5 Å². The summed E-state index contributed by atoms with van der Waals surface area (Å²) in [5.74, 6) is -0.783. The van der Waals surface area contributed by atoms with Crippen molar-refractivity contribution < 1.29 is 31.8 Å². The van der Waals surface area contributed by atoms with Crippen molar-refractivity contribution in [2.24, 2.45) is 0 Å². The summed E-state index contributed by atoms with van der Waals surface area (Å²) in [7, 11) is 0. The van der Waals surface area contributed by atoms with E-state index in [9.17, 15) is 22.4 Å². The van der Waals surface area contributed by atoms with Gasteiger partial charge in [-0.2, -0.15) is 22.7 Å². The number of aromatic nitrogens is 2. The van der Waals surface area contributed by atoms with Crippen molar-refractivity contribution in [3.05, 3.63) is 42.1 Å². The maximum atomic E-state index is 12.5. The number of benzene rings is 1. The monoisotopic (exact) mass is 387 g/mol. The van der Waals surface area contributed by atoms with Crippen molar-refractivity contribution in [1.82, 2.24) is 9.78 Å². The third kappa shape index (κ3) is 6.32. The molecule has 1 N–H and O–H groups in total. The first-order chi connectivity index (χ1) is 12.9. The molecular weight excluding hydrogens is 370 g/mol. The Labute approximate surface area is 152 Å². The summed E-state index contributed by atoms with van der Waals surface area (Å²) >= 11 is 0. The molecule has 0 fully saturated rings. The molecule has 2 rings (SSSR count). The summed E-state index contributed by atoms with van der Waals surface area (Å²) in [6, 6.07) is 4.88. The lowest BCUT2D eigenvalue weighted by molar-refractivity contribution is -0.111. The SMILES string of the molecule is CCCn1nccc1NC(=O)/C=C/c1ccc(OC(F)F)cc1OC(F)F. The average molecular weight is 387 g/mol. The van der Waals surface area contributed by atoms with Crippen LogP contribution in [0.25, 0.3) is 6.08 Å². The molecule has 0 saturated heterocycles. The van der Waals surface area contributed by atoms with Crippen molar-refractivity contribution in [1.29, 1.82) is 0 Å². The van der Waals surface area contributed by atoms with E-state index in [0.717, 1.165) is 24.6 Å². The maximum Gasteiger partial charge on any atom is 0.387 e. The van der Waals surface area contributed by atoms with Crippen LogP contribution in [0, 0.1) is 0 Å². The largest absolute Gasteiger partial charge is 0.435 e. The highest BCUT2D eigenvalue weighted by molar-refractivity contribution is 6.01. The lowest BCUT2D eigenvalue weighted by Gasteiger charge is -2.11. The summed E-state index contributed by atoms with van der Waals surface area (Å²) in [6.45, 7) is -3.70. The standard InChI is InChI=1S/C17H17F4N3O3/c1-2-9-24-14(7-8-22-24)23-15(25)6-4-11-3-5-12(26-16(18)19)10-13(11)27-17(20)21/h3-8,10,16-17H,2,9H2,1H3,(H,23,25)/b6-4+. The van der Waals surface area contributed by atoms with E-state index in [0.29, 0.717) is 12.4 Å². The number of amides is 1. The van der Waals surface area contributed by atoms with Gasteiger partial charge in [0.2, 0.25) is 5.91 Å². The predicted molar refractivity (Wildman–Crippen MR) is 89.9 cm³/mol. The van der Waals surface area contributed by atoms with Crippen LogP contribution in [0.1, 0.15) is 18.9 Å². The third-order valence-electron chi connectivity index (χ3n) is 3.24. The summed E-state index contributed by atoms with van der Waals surface area (Å²) in [5, 5.41) is 6.66. The lowest BCUT2D eigenvalue weighted by atomic mass is 10.1. The Kier molecular flexibility index (Phi) is 7.21. The van der Waals surface area contributed by atoms with Crippen molar-refractivity contribution in [2.45, 2.75) is 33.1 Å². The second-order valence-corrected chi connectivity index (χ2v) is 5.22. The molecule has 0 saturated carbocycles. The number of aryl methyl sites for hydroxylation is 1. The summed E-state index contributed by atoms with van der Waals surface area (Å²) in [6.07, 6.45) is 4.68. The molecule has 0 aliphatic rings. The molecule has 0 atom stereocenters. The van der Waals surface area contributed by atoms with Gasteiger partial charge in [-0.05, 0) is 24.6 Å². The number of nitrogens with one attached hydrogen (secondary N) is 1. The Morgan fingerprint density at radius 2 is 1.96 bits per heavy atom. The molecule has 1 heterocycles. The van der Waals surface area contributed by atoms with Crippen molar-refractivity contribution in [2.75, 3.05) is 5.32 Å². The number of hydrogen-bond donors (Lipinski definition) is 1. The van der Waals surface area contributed by atoms with Gasteiger partial charge in [-0.3, -0.25) is 4.79 Å². The Morgan fingerprint density at radius 1 is 1.22 bits per heavy atom. The van der Waals surface area contributed by atoms with Crippen LogP contribution in [0.4, 0.5) is 23.4 Å². The van der Waals surface area contributed by atoms with Gasteiger partial charge in [0.05, 0.1) is 6.20 Å². The third-order valence-corrected chi connectivity index (χ3v) is 3.24. The van der Waals surface area contributed by atoms with Gasteiger partial charge in [0.25, 0.3) is 0 Å². The number of carbonyl (C=O) groups is 1. The van der Waals surface area contributed by atoms with E-state index in [1.54, 1.807) is 10.7 Å². The van der Waals surface area contributed by atoms with E-state index in [1.165, 1.54) is 18.3 Å². The second kappa shape index (κ2) is 9.60. The van der Waals surface area contributed by atoms with Gasteiger partial charge in [-0.15, -0.1) is 0 Å². The molecule has 6 nitrogen and oxygen atoms in total. The molecule has 10 heteroatoms. The van der Waals surface area contributed by atoms with Crippen molar-refractivity contribution in [3.8, 4) is 11.5 Å². The van der Waals surface area contributed by atoms with Gasteiger partial charge in [0.1, 0.15) is 17.3 Å². The molecule has 0 radical (unpaired) electrons. The fraction of sp³-hybridized carbons (Fsp3) is 0.294. The van der Waals surface area contributed by atoms with E-state index in [-0.39, 0.29) is 11.3 Å². The molecule has 1 amide bonds. The number of nitrogens with zero attached hydrogens (tertiary/aromatic N) is 2. The van der Waals surface area contributed by atoms with E-state index in [1.807, 2.05) is 6.92 Å². The quantitative estimate of drug-likeness (QED) is 0.519. The van der Waals surface area contributed by atoms with Crippen molar-refractivity contribution in [3.63, 3.8) is 0 Å². The normalized spacial score (nSPS) is 11.4. The fourth-order valence-electron chi connectivity index (χ4n) is 2.19. The summed E-state index contributed by atoms with van der Waals surface area (Å²) in [4.78, 5) is 12.0. The lowest BCUT2D eigenvalue weighted by Crippen LogP contribution is -2.13. The number of rotatable bonds is 9. The van der Waals surface area contributed by atoms with Gasteiger partial charge in [0.15, 0.2) is 0 Å². The van der Waals surface area contributed by atoms with Gasteiger partial charge in [-0.1, -0.05) is 6.92 Å². The molecule has 0 spiro atoms. The molecular formula is C17H17F4N3O3. The minimum absolute atomic E-state index is 0.0918. The molecule has 0 unspecified atom stereocenters. The fourth-order valence-corrected chi connectivity index (χ4v) is 2.19. The first-order valence-electron chi connectivity index (χ1n) is 7.93. The van der Waals surface area contributed by atoms with Gasteiger partial charge in [-0.25, -0.2) is 4.68 Å². The molecule has 1 aromatic heterocycles. The summed E-state index contributed by atoms with van der Waals surface area (Å²) in [5.41, 5.74) is 0.0918. The van der Waals surface area contributed by atoms with Crippen LogP contribution in [0.3, 0.4) is 0 Å². The van der Waals surface area contributed by atoms with Crippen LogP contribution in [-0.2, 0) is 11.3 Å². The number of carbonyl (C=O) groups excluding carboxylic acids is 1. The Balaban J connectivity index is 2.13. The van der Waals surface area contributed by atoms with Crippen molar-refractivity contribution >= 4 is 17.8 Å². The summed E-state index contributed by atoms with van der Waals surface area (Å²) < 4.78 is 59.6. The van der Waals surface area contributed by atoms with E-state index < -0.39 is 24.9 Å². The Hall–Kier alpha value is -3.04. The zero-order chi connectivity index (χ0) is 19.8. The molecule has 0 bridgehead atoms. The molecule has 1 aromatic carbocycles. The van der Waals surface area contributed by atoms with E-state index in [2.05, 4.69) is 19.9 Å². The number of hydrogen-bond acceptors (Lipinski definition) is 4. The van der Waals surface area contributed by atoms with Gasteiger partial charge < -0.3 is 14.8 Å². The van der Waals surface area contributed by atoms with Crippen LogP contribution in [0.2, 0.25) is 0 Å². The van der Waals surface area contributed by atoms with Crippen LogP contribution in [0.15, 0.2) is 36.5 Å². The molecule has 2 aromatic rings. The molecule has 146 valence electrons. The zero-order valence-electron chi connectivity index (χ0n) is 14.2. The first-order valence-corrected chi connectivity index (χ1v) is 7.93. The van der Waals surface area contributed by atoms with E-state index in [4.69, 9.17) is 0 Å². The van der Waals surface area contributed by atoms with Crippen LogP contribution >= 0.6 is 0 Å². The maximum absolute atomic E-state index is 12.5. The number of halogens is 4.